The van der Waals surface area contributed by atoms with Gasteiger partial charge in [0.15, 0.2) is 6.29 Å². The Bertz CT molecular complexity index is 372. The van der Waals surface area contributed by atoms with Gasteiger partial charge in [-0.25, -0.2) is 0 Å². The van der Waals surface area contributed by atoms with Crippen LogP contribution in [-0.2, 0) is 14.2 Å². The molecule has 0 aliphatic carbocycles. The summed E-state index contributed by atoms with van der Waals surface area (Å²) in [6.45, 7) is 12.5. The van der Waals surface area contributed by atoms with E-state index < -0.39 is 18.5 Å². The molecule has 23 heavy (non-hydrogen) atoms. The standard InChI is InChI=1S/C18H34O5/c1-7-14-17(11(4)9(2)13(6)21-14)23-18-12(5)10(3)16(20)15(8-19)22-18/h9-20H,7-8H2,1-6H3/t9?,10-,11?,12?,13+,14+,15?,16+,17-,18-/m0/s1. The third-order valence-corrected chi connectivity index (χ3v) is 6.20. The molecular weight excluding hydrogens is 296 g/mol. The highest BCUT2D eigenvalue weighted by molar-refractivity contribution is 4.90. The van der Waals surface area contributed by atoms with Crippen molar-refractivity contribution in [3.8, 4) is 0 Å². The Labute approximate surface area is 140 Å². The highest BCUT2D eigenvalue weighted by Crippen LogP contribution is 2.38. The fourth-order valence-corrected chi connectivity index (χ4v) is 3.82. The van der Waals surface area contributed by atoms with Crippen molar-refractivity contribution < 1.29 is 24.4 Å². The van der Waals surface area contributed by atoms with Crippen LogP contribution in [0.15, 0.2) is 0 Å². The average molecular weight is 330 g/mol. The molecule has 0 spiro atoms. The zero-order valence-corrected chi connectivity index (χ0v) is 15.3. The van der Waals surface area contributed by atoms with Crippen LogP contribution in [0.5, 0.6) is 0 Å². The molecule has 2 heterocycles. The fourth-order valence-electron chi connectivity index (χ4n) is 3.82. The molecule has 2 fully saturated rings. The average Bonchev–Trinajstić information content (AvgIpc) is 2.55. The van der Waals surface area contributed by atoms with Gasteiger partial charge in [-0.1, -0.05) is 34.6 Å². The van der Waals surface area contributed by atoms with Gasteiger partial charge in [0.25, 0.3) is 0 Å². The van der Waals surface area contributed by atoms with Crippen molar-refractivity contribution in [2.45, 2.75) is 84.8 Å². The van der Waals surface area contributed by atoms with Gasteiger partial charge in [-0.3, -0.25) is 0 Å². The maximum atomic E-state index is 10.2. The zero-order chi connectivity index (χ0) is 17.3. The number of ether oxygens (including phenoxy) is 3. The number of rotatable bonds is 4. The minimum Gasteiger partial charge on any atom is -0.394 e. The third kappa shape index (κ3) is 3.74. The van der Waals surface area contributed by atoms with Gasteiger partial charge >= 0.3 is 0 Å². The Morgan fingerprint density at radius 3 is 2.09 bits per heavy atom. The van der Waals surface area contributed by atoms with Crippen LogP contribution in [0.1, 0.15) is 48.0 Å². The van der Waals surface area contributed by atoms with Gasteiger partial charge in [-0.2, -0.15) is 0 Å². The maximum Gasteiger partial charge on any atom is 0.161 e. The predicted octanol–water partition coefficient (Wildman–Crippen LogP) is 2.19. The fraction of sp³-hybridized carbons (Fsp3) is 1.00. The lowest BCUT2D eigenvalue weighted by molar-refractivity contribution is -0.310. The first-order chi connectivity index (χ1) is 10.8. The molecule has 0 saturated carbocycles. The van der Waals surface area contributed by atoms with E-state index in [0.717, 1.165) is 6.42 Å². The van der Waals surface area contributed by atoms with E-state index in [-0.39, 0.29) is 36.8 Å². The van der Waals surface area contributed by atoms with Crippen molar-refractivity contribution in [2.75, 3.05) is 6.61 Å². The smallest absolute Gasteiger partial charge is 0.161 e. The van der Waals surface area contributed by atoms with E-state index in [0.29, 0.717) is 11.8 Å². The molecule has 0 aromatic heterocycles. The lowest BCUT2D eigenvalue weighted by Crippen LogP contribution is -2.56. The lowest BCUT2D eigenvalue weighted by atomic mass is 9.80. The van der Waals surface area contributed by atoms with E-state index in [1.807, 2.05) is 13.8 Å². The molecule has 0 aromatic rings. The molecular formula is C18H34O5. The van der Waals surface area contributed by atoms with Gasteiger partial charge in [0, 0.05) is 5.92 Å². The van der Waals surface area contributed by atoms with E-state index in [1.165, 1.54) is 0 Å². The third-order valence-electron chi connectivity index (χ3n) is 6.20. The Kier molecular flexibility index (Phi) is 6.48. The van der Waals surface area contributed by atoms with Crippen LogP contribution in [0.4, 0.5) is 0 Å². The first kappa shape index (κ1) is 19.1. The van der Waals surface area contributed by atoms with E-state index >= 15 is 0 Å². The summed E-state index contributed by atoms with van der Waals surface area (Å²) in [6.07, 6.45) is -0.503. The number of hydrogen-bond donors (Lipinski definition) is 2. The summed E-state index contributed by atoms with van der Waals surface area (Å²) >= 11 is 0. The molecule has 0 bridgehead atoms. The van der Waals surface area contributed by atoms with Crippen molar-refractivity contribution in [3.05, 3.63) is 0 Å². The minimum absolute atomic E-state index is 0.0159. The molecule has 10 atom stereocenters. The molecule has 0 radical (unpaired) electrons. The minimum atomic E-state index is -0.657. The Balaban J connectivity index is 2.11. The van der Waals surface area contributed by atoms with Gasteiger partial charge in [0.2, 0.25) is 0 Å². The van der Waals surface area contributed by atoms with Crippen LogP contribution in [0.3, 0.4) is 0 Å². The second kappa shape index (κ2) is 7.79. The van der Waals surface area contributed by atoms with E-state index in [4.69, 9.17) is 14.2 Å². The zero-order valence-electron chi connectivity index (χ0n) is 15.3. The monoisotopic (exact) mass is 330 g/mol. The number of hydrogen-bond acceptors (Lipinski definition) is 5. The van der Waals surface area contributed by atoms with Crippen molar-refractivity contribution in [2.24, 2.45) is 23.7 Å². The summed E-state index contributed by atoms with van der Waals surface area (Å²) in [7, 11) is 0. The molecule has 2 rings (SSSR count). The molecule has 5 heteroatoms. The van der Waals surface area contributed by atoms with Gasteiger partial charge in [0.05, 0.1) is 31.0 Å². The summed E-state index contributed by atoms with van der Waals surface area (Å²) in [5.74, 6) is 0.863. The lowest BCUT2D eigenvalue weighted by Gasteiger charge is -2.48. The van der Waals surface area contributed by atoms with Crippen LogP contribution in [0.25, 0.3) is 0 Å². The molecule has 5 nitrogen and oxygen atoms in total. The quantitative estimate of drug-likeness (QED) is 0.827. The van der Waals surface area contributed by atoms with Crippen molar-refractivity contribution >= 4 is 0 Å². The van der Waals surface area contributed by atoms with E-state index in [1.54, 1.807) is 0 Å². The molecule has 0 aromatic carbocycles. The van der Waals surface area contributed by atoms with Crippen molar-refractivity contribution in [1.82, 2.24) is 0 Å². The molecule has 0 amide bonds. The summed E-state index contributed by atoms with van der Waals surface area (Å²) < 4.78 is 18.3. The molecule has 136 valence electrons. The maximum absolute atomic E-state index is 10.2. The van der Waals surface area contributed by atoms with Crippen LogP contribution >= 0.6 is 0 Å². The Hall–Kier alpha value is -0.200. The summed E-state index contributed by atoms with van der Waals surface area (Å²) in [5, 5.41) is 19.6. The second-order valence-corrected chi connectivity index (χ2v) is 7.54. The Morgan fingerprint density at radius 2 is 1.52 bits per heavy atom. The molecule has 2 N–H and O–H groups in total. The highest BCUT2D eigenvalue weighted by Gasteiger charge is 2.45. The largest absolute Gasteiger partial charge is 0.394 e. The van der Waals surface area contributed by atoms with Crippen LogP contribution in [-0.4, -0.2) is 53.6 Å². The molecule has 2 aliphatic rings. The van der Waals surface area contributed by atoms with Gasteiger partial charge in [0.1, 0.15) is 6.10 Å². The van der Waals surface area contributed by atoms with Crippen molar-refractivity contribution in [3.63, 3.8) is 0 Å². The summed E-state index contributed by atoms with van der Waals surface area (Å²) in [6, 6.07) is 0. The number of aliphatic hydroxyl groups is 2. The first-order valence-electron chi connectivity index (χ1n) is 9.07. The molecule has 2 saturated heterocycles. The van der Waals surface area contributed by atoms with Crippen LogP contribution in [0, 0.1) is 23.7 Å². The van der Waals surface area contributed by atoms with Crippen LogP contribution < -0.4 is 0 Å². The van der Waals surface area contributed by atoms with Gasteiger partial charge < -0.3 is 24.4 Å². The first-order valence-corrected chi connectivity index (χ1v) is 9.07. The Morgan fingerprint density at radius 1 is 0.870 bits per heavy atom. The van der Waals surface area contributed by atoms with E-state index in [2.05, 4.69) is 27.7 Å². The molecule has 2 aliphatic heterocycles. The van der Waals surface area contributed by atoms with Crippen LogP contribution in [0.2, 0.25) is 0 Å². The summed E-state index contributed by atoms with van der Waals surface area (Å²) in [5.41, 5.74) is 0. The topological polar surface area (TPSA) is 68.2 Å². The van der Waals surface area contributed by atoms with E-state index in [9.17, 15) is 10.2 Å². The summed E-state index contributed by atoms with van der Waals surface area (Å²) in [4.78, 5) is 0. The SMILES string of the molecule is CC[C@H]1O[C@H](C)C(C)C(C)[C@@H]1O[C@@H]1OC(CO)[C@H](O)[C@@H](C)C1C. The second-order valence-electron chi connectivity index (χ2n) is 7.54. The highest BCUT2D eigenvalue weighted by atomic mass is 16.7. The van der Waals surface area contributed by atoms with Gasteiger partial charge in [-0.15, -0.1) is 0 Å². The molecule has 4 unspecified atom stereocenters. The number of aliphatic hydroxyl groups excluding tert-OH is 2. The van der Waals surface area contributed by atoms with Crippen molar-refractivity contribution in [1.29, 1.82) is 0 Å². The normalized spacial score (nSPS) is 51.7. The predicted molar refractivity (Wildman–Crippen MR) is 87.9 cm³/mol. The van der Waals surface area contributed by atoms with Gasteiger partial charge in [-0.05, 0) is 31.1 Å².